The number of guanidine groups is 1. The summed E-state index contributed by atoms with van der Waals surface area (Å²) in [5.41, 5.74) is 2.41. The van der Waals surface area contributed by atoms with Gasteiger partial charge in [0.05, 0.1) is 6.54 Å². The number of nitrogens with zero attached hydrogens (tertiary/aromatic N) is 4. The molecule has 1 aromatic heterocycles. The van der Waals surface area contributed by atoms with Gasteiger partial charge in [0.1, 0.15) is 24.3 Å². The topological polar surface area (TPSA) is 67.1 Å². The summed E-state index contributed by atoms with van der Waals surface area (Å²) in [5, 5.41) is 10.2. The Hall–Kier alpha value is -3.29. The molecule has 2 aromatic carbocycles. The summed E-state index contributed by atoms with van der Waals surface area (Å²) in [6.45, 7) is 1.31. The van der Waals surface area contributed by atoms with Gasteiger partial charge in [-0.15, -0.1) is 0 Å². The van der Waals surface area contributed by atoms with Crippen LogP contribution in [0.4, 0.5) is 8.78 Å². The fourth-order valence-electron chi connectivity index (χ4n) is 2.60. The largest absolute Gasteiger partial charge is 0.352 e. The highest BCUT2D eigenvalue weighted by atomic mass is 19.1. The van der Waals surface area contributed by atoms with Crippen molar-refractivity contribution in [1.29, 1.82) is 0 Å². The third-order valence-electron chi connectivity index (χ3n) is 3.94. The van der Waals surface area contributed by atoms with E-state index in [9.17, 15) is 8.78 Å². The van der Waals surface area contributed by atoms with E-state index in [0.29, 0.717) is 19.0 Å². The number of halogens is 2. The van der Waals surface area contributed by atoms with E-state index in [1.54, 1.807) is 18.1 Å². The highest BCUT2D eigenvalue weighted by Gasteiger charge is 2.06. The number of aliphatic imine (C=N–C) groups is 1. The fraction of sp³-hybridized carbons (Fsp3) is 0.211. The minimum atomic E-state index is -0.472. The average Bonchev–Trinajstić information content (AvgIpc) is 3.18. The van der Waals surface area contributed by atoms with Gasteiger partial charge in [-0.25, -0.2) is 18.4 Å². The van der Waals surface area contributed by atoms with Crippen LogP contribution in [0.1, 0.15) is 16.7 Å². The first kappa shape index (κ1) is 18.5. The fourth-order valence-corrected chi connectivity index (χ4v) is 2.60. The first-order valence-corrected chi connectivity index (χ1v) is 8.42. The van der Waals surface area contributed by atoms with Crippen LogP contribution >= 0.6 is 0 Å². The smallest absolute Gasteiger partial charge is 0.191 e. The third kappa shape index (κ3) is 5.34. The molecule has 0 aliphatic carbocycles. The monoisotopic (exact) mass is 370 g/mol. The molecule has 8 heteroatoms. The van der Waals surface area contributed by atoms with Crippen molar-refractivity contribution >= 4 is 5.96 Å². The SMILES string of the molecule is CN=C(NCc1cccc(Cn2cncn2)c1)NCc1cc(F)ccc1F. The zero-order valence-corrected chi connectivity index (χ0v) is 14.9. The predicted molar refractivity (Wildman–Crippen MR) is 99.0 cm³/mol. The summed E-state index contributed by atoms with van der Waals surface area (Å²) < 4.78 is 28.7. The summed E-state index contributed by atoms with van der Waals surface area (Å²) in [6, 6.07) is 11.4. The van der Waals surface area contributed by atoms with Gasteiger partial charge in [0.25, 0.3) is 0 Å². The van der Waals surface area contributed by atoms with E-state index in [-0.39, 0.29) is 12.1 Å². The molecule has 0 radical (unpaired) electrons. The number of aromatic nitrogens is 3. The maximum atomic E-state index is 13.7. The lowest BCUT2D eigenvalue weighted by molar-refractivity contribution is 0.581. The molecule has 1 heterocycles. The Morgan fingerprint density at radius 1 is 1.07 bits per heavy atom. The summed E-state index contributed by atoms with van der Waals surface area (Å²) in [7, 11) is 1.62. The summed E-state index contributed by atoms with van der Waals surface area (Å²) in [5.74, 6) is -0.430. The molecular weight excluding hydrogens is 350 g/mol. The average molecular weight is 370 g/mol. The van der Waals surface area contributed by atoms with Crippen LogP contribution in [-0.2, 0) is 19.6 Å². The standard InChI is InChI=1S/C19H20F2N6/c1-22-19(25-10-16-8-17(20)5-6-18(16)21)24-9-14-3-2-4-15(7-14)11-27-13-23-12-26-27/h2-8,12-13H,9-11H2,1H3,(H2,22,24,25). The Bertz CT molecular complexity index is 908. The van der Waals surface area contributed by atoms with Crippen molar-refractivity contribution in [3.8, 4) is 0 Å². The first-order chi connectivity index (χ1) is 13.1. The number of rotatable bonds is 6. The molecule has 0 fully saturated rings. The number of benzene rings is 2. The molecule has 0 bridgehead atoms. The Kier molecular flexibility index (Phi) is 6.09. The van der Waals surface area contributed by atoms with Gasteiger partial charge in [0.2, 0.25) is 0 Å². The van der Waals surface area contributed by atoms with Gasteiger partial charge >= 0.3 is 0 Å². The Morgan fingerprint density at radius 3 is 2.67 bits per heavy atom. The lowest BCUT2D eigenvalue weighted by Gasteiger charge is -2.13. The van der Waals surface area contributed by atoms with Crippen LogP contribution in [0.25, 0.3) is 0 Å². The van der Waals surface area contributed by atoms with Crippen molar-refractivity contribution in [3.05, 3.63) is 83.4 Å². The molecule has 0 saturated heterocycles. The molecule has 3 aromatic rings. The van der Waals surface area contributed by atoms with E-state index in [2.05, 4.69) is 31.8 Å². The normalized spacial score (nSPS) is 11.4. The maximum Gasteiger partial charge on any atom is 0.191 e. The molecule has 0 unspecified atom stereocenters. The highest BCUT2D eigenvalue weighted by Crippen LogP contribution is 2.09. The summed E-state index contributed by atoms with van der Waals surface area (Å²) >= 11 is 0. The molecule has 6 nitrogen and oxygen atoms in total. The second-order valence-electron chi connectivity index (χ2n) is 5.93. The number of hydrogen-bond acceptors (Lipinski definition) is 3. The third-order valence-corrected chi connectivity index (χ3v) is 3.94. The lowest BCUT2D eigenvalue weighted by atomic mass is 10.1. The second kappa shape index (κ2) is 8.88. The van der Waals surface area contributed by atoms with Gasteiger partial charge in [0.15, 0.2) is 5.96 Å². The molecule has 0 atom stereocenters. The molecule has 0 saturated carbocycles. The van der Waals surface area contributed by atoms with E-state index < -0.39 is 11.6 Å². The predicted octanol–water partition coefficient (Wildman–Crippen LogP) is 2.47. The van der Waals surface area contributed by atoms with Crippen LogP contribution in [0.5, 0.6) is 0 Å². The van der Waals surface area contributed by atoms with Gasteiger partial charge in [-0.3, -0.25) is 4.99 Å². The molecule has 140 valence electrons. The van der Waals surface area contributed by atoms with E-state index in [1.807, 2.05) is 18.2 Å². The van der Waals surface area contributed by atoms with Gasteiger partial charge in [-0.05, 0) is 29.3 Å². The Balaban J connectivity index is 1.55. The number of nitrogens with one attached hydrogen (secondary N) is 2. The van der Waals surface area contributed by atoms with Gasteiger partial charge < -0.3 is 10.6 Å². The molecule has 0 amide bonds. The second-order valence-corrected chi connectivity index (χ2v) is 5.93. The van der Waals surface area contributed by atoms with Crippen molar-refractivity contribution in [3.63, 3.8) is 0 Å². The Morgan fingerprint density at radius 2 is 1.89 bits per heavy atom. The van der Waals surface area contributed by atoms with Crippen LogP contribution < -0.4 is 10.6 Å². The molecular formula is C19H20F2N6. The Labute approximate surface area is 156 Å². The van der Waals surface area contributed by atoms with Crippen molar-refractivity contribution in [2.75, 3.05) is 7.05 Å². The maximum absolute atomic E-state index is 13.7. The van der Waals surface area contributed by atoms with Gasteiger partial charge in [0, 0.05) is 25.7 Å². The molecule has 27 heavy (non-hydrogen) atoms. The van der Waals surface area contributed by atoms with Crippen LogP contribution in [0.2, 0.25) is 0 Å². The van der Waals surface area contributed by atoms with Crippen LogP contribution in [0, 0.1) is 11.6 Å². The van der Waals surface area contributed by atoms with E-state index in [0.717, 1.165) is 23.3 Å². The van der Waals surface area contributed by atoms with Crippen molar-refractivity contribution in [2.24, 2.45) is 4.99 Å². The minimum absolute atomic E-state index is 0.135. The molecule has 2 N–H and O–H groups in total. The van der Waals surface area contributed by atoms with Crippen molar-refractivity contribution in [1.82, 2.24) is 25.4 Å². The molecule has 0 aliphatic rings. The van der Waals surface area contributed by atoms with Crippen LogP contribution in [0.15, 0.2) is 60.1 Å². The highest BCUT2D eigenvalue weighted by molar-refractivity contribution is 5.79. The summed E-state index contributed by atoms with van der Waals surface area (Å²) in [4.78, 5) is 8.04. The molecule has 0 spiro atoms. The van der Waals surface area contributed by atoms with Gasteiger partial charge in [-0.2, -0.15) is 5.10 Å². The molecule has 3 rings (SSSR count). The van der Waals surface area contributed by atoms with Gasteiger partial charge in [-0.1, -0.05) is 24.3 Å². The van der Waals surface area contributed by atoms with E-state index in [4.69, 9.17) is 0 Å². The molecule has 0 aliphatic heterocycles. The first-order valence-electron chi connectivity index (χ1n) is 8.42. The van der Waals surface area contributed by atoms with Crippen LogP contribution in [0.3, 0.4) is 0 Å². The van der Waals surface area contributed by atoms with E-state index >= 15 is 0 Å². The quantitative estimate of drug-likeness (QED) is 0.517. The minimum Gasteiger partial charge on any atom is -0.352 e. The zero-order chi connectivity index (χ0) is 19.1. The van der Waals surface area contributed by atoms with Crippen molar-refractivity contribution in [2.45, 2.75) is 19.6 Å². The summed E-state index contributed by atoms with van der Waals surface area (Å²) in [6.07, 6.45) is 3.17. The zero-order valence-electron chi connectivity index (χ0n) is 14.9. The lowest BCUT2D eigenvalue weighted by Crippen LogP contribution is -2.36. The van der Waals surface area contributed by atoms with E-state index in [1.165, 1.54) is 12.4 Å². The van der Waals surface area contributed by atoms with Crippen LogP contribution in [-0.4, -0.2) is 27.8 Å². The van der Waals surface area contributed by atoms with Crippen molar-refractivity contribution < 1.29 is 8.78 Å². The number of hydrogen-bond donors (Lipinski definition) is 2.